The van der Waals surface area contributed by atoms with Crippen LogP contribution in [0, 0.1) is 11.8 Å². The van der Waals surface area contributed by atoms with E-state index >= 15 is 0 Å². The summed E-state index contributed by atoms with van der Waals surface area (Å²) in [6.45, 7) is 1.94. The molecule has 4 nitrogen and oxygen atoms in total. The van der Waals surface area contributed by atoms with Gasteiger partial charge in [-0.15, -0.1) is 0 Å². The molecule has 34 heavy (non-hydrogen) atoms. The van der Waals surface area contributed by atoms with Crippen LogP contribution in [0.5, 0.6) is 11.5 Å². The summed E-state index contributed by atoms with van der Waals surface area (Å²) in [5.74, 6) is 8.24. The van der Waals surface area contributed by atoms with Gasteiger partial charge in [0.2, 0.25) is 0 Å². The molecular formula is C30H36O4. The second-order valence-electron chi connectivity index (χ2n) is 8.47. The summed E-state index contributed by atoms with van der Waals surface area (Å²) < 4.78 is 11.7. The molecule has 2 N–H and O–H groups in total. The molecule has 0 bridgehead atoms. The zero-order chi connectivity index (χ0) is 23.8. The number of fused-ring (bicyclic) bond motifs is 1. The van der Waals surface area contributed by atoms with Crippen LogP contribution in [0.2, 0.25) is 0 Å². The van der Waals surface area contributed by atoms with E-state index in [1.807, 2.05) is 36.4 Å². The molecule has 3 rings (SSSR count). The van der Waals surface area contributed by atoms with E-state index in [9.17, 15) is 0 Å². The van der Waals surface area contributed by atoms with Crippen molar-refractivity contribution in [3.05, 3.63) is 71.8 Å². The van der Waals surface area contributed by atoms with Crippen LogP contribution in [-0.2, 0) is 0 Å². The van der Waals surface area contributed by atoms with Gasteiger partial charge in [-0.25, -0.2) is 0 Å². The van der Waals surface area contributed by atoms with Gasteiger partial charge in [-0.2, -0.15) is 0 Å². The standard InChI is InChI=1S/C30H36O4/c31-19-5-1-3-7-21-33-29-16-12-25(13-17-29)9-10-26-11-14-28-24-30(18-15-27(28)23-26)34-22-8-4-2-6-20-32/h11-18,23-24,31-32H,1-8,19-22H2. The molecule has 0 saturated heterocycles. The fourth-order valence-electron chi connectivity index (χ4n) is 3.69. The van der Waals surface area contributed by atoms with E-state index in [2.05, 4.69) is 36.1 Å². The molecule has 3 aromatic rings. The Morgan fingerprint density at radius 1 is 0.500 bits per heavy atom. The van der Waals surface area contributed by atoms with Gasteiger partial charge < -0.3 is 19.7 Å². The van der Waals surface area contributed by atoms with Crippen LogP contribution in [0.4, 0.5) is 0 Å². The number of rotatable bonds is 14. The highest BCUT2D eigenvalue weighted by Gasteiger charge is 2.00. The minimum absolute atomic E-state index is 0.270. The summed E-state index contributed by atoms with van der Waals surface area (Å²) >= 11 is 0. The largest absolute Gasteiger partial charge is 0.494 e. The predicted molar refractivity (Wildman–Crippen MR) is 138 cm³/mol. The van der Waals surface area contributed by atoms with Crippen molar-refractivity contribution in [2.24, 2.45) is 0 Å². The first-order valence-corrected chi connectivity index (χ1v) is 12.4. The highest BCUT2D eigenvalue weighted by Crippen LogP contribution is 2.22. The van der Waals surface area contributed by atoms with E-state index in [0.717, 1.165) is 84.8 Å². The van der Waals surface area contributed by atoms with Crippen LogP contribution < -0.4 is 9.47 Å². The van der Waals surface area contributed by atoms with Gasteiger partial charge in [0, 0.05) is 24.3 Å². The predicted octanol–water partition coefficient (Wildman–Crippen LogP) is 6.10. The first-order chi connectivity index (χ1) is 16.8. The average molecular weight is 461 g/mol. The van der Waals surface area contributed by atoms with E-state index in [1.54, 1.807) is 0 Å². The molecule has 0 fully saturated rings. The fourth-order valence-corrected chi connectivity index (χ4v) is 3.69. The normalized spacial score (nSPS) is 10.6. The van der Waals surface area contributed by atoms with Crippen molar-refractivity contribution in [2.45, 2.75) is 51.4 Å². The maximum atomic E-state index is 8.83. The number of hydrogen-bond acceptors (Lipinski definition) is 4. The van der Waals surface area contributed by atoms with E-state index < -0.39 is 0 Å². The molecule has 180 valence electrons. The van der Waals surface area contributed by atoms with Crippen LogP contribution in [0.1, 0.15) is 62.5 Å². The summed E-state index contributed by atoms with van der Waals surface area (Å²) in [5.41, 5.74) is 1.94. The summed E-state index contributed by atoms with van der Waals surface area (Å²) in [6.07, 6.45) is 8.00. The van der Waals surface area contributed by atoms with Gasteiger partial charge in [0.1, 0.15) is 11.5 Å². The molecule has 0 heterocycles. The molecule has 0 atom stereocenters. The maximum Gasteiger partial charge on any atom is 0.119 e. The molecule has 0 aliphatic heterocycles. The number of unbranched alkanes of at least 4 members (excludes halogenated alkanes) is 6. The summed E-state index contributed by atoms with van der Waals surface area (Å²) in [7, 11) is 0. The van der Waals surface area contributed by atoms with Crippen molar-refractivity contribution >= 4 is 10.8 Å². The van der Waals surface area contributed by atoms with E-state index in [1.165, 1.54) is 0 Å². The Morgan fingerprint density at radius 2 is 1.00 bits per heavy atom. The second kappa shape index (κ2) is 15.0. The van der Waals surface area contributed by atoms with E-state index in [4.69, 9.17) is 19.7 Å². The van der Waals surface area contributed by atoms with Gasteiger partial charge >= 0.3 is 0 Å². The summed E-state index contributed by atoms with van der Waals surface area (Å²) in [6, 6.07) is 20.3. The lowest BCUT2D eigenvalue weighted by Crippen LogP contribution is -1.97. The van der Waals surface area contributed by atoms with Gasteiger partial charge in [0.15, 0.2) is 0 Å². The van der Waals surface area contributed by atoms with Crippen molar-refractivity contribution in [1.29, 1.82) is 0 Å². The number of aliphatic hydroxyl groups excluding tert-OH is 2. The lowest BCUT2D eigenvalue weighted by atomic mass is 10.1. The van der Waals surface area contributed by atoms with Crippen LogP contribution >= 0.6 is 0 Å². The number of hydrogen-bond donors (Lipinski definition) is 2. The summed E-state index contributed by atoms with van der Waals surface area (Å²) in [4.78, 5) is 0. The number of benzene rings is 3. The smallest absolute Gasteiger partial charge is 0.119 e. The third-order valence-corrected chi connectivity index (χ3v) is 5.66. The quantitative estimate of drug-likeness (QED) is 0.225. The lowest BCUT2D eigenvalue weighted by molar-refractivity contribution is 0.273. The van der Waals surface area contributed by atoms with Crippen LogP contribution in [-0.4, -0.2) is 36.6 Å². The fraction of sp³-hybridized carbons (Fsp3) is 0.400. The molecule has 0 saturated carbocycles. The Bertz CT molecular complexity index is 1050. The zero-order valence-corrected chi connectivity index (χ0v) is 20.0. The van der Waals surface area contributed by atoms with Crippen LogP contribution in [0.15, 0.2) is 60.7 Å². The third kappa shape index (κ3) is 9.09. The highest BCUT2D eigenvalue weighted by molar-refractivity contribution is 5.85. The first-order valence-electron chi connectivity index (χ1n) is 12.4. The Hall–Kier alpha value is -3.00. The minimum atomic E-state index is 0.270. The van der Waals surface area contributed by atoms with Crippen molar-refractivity contribution < 1.29 is 19.7 Å². The first kappa shape index (κ1) is 25.6. The molecule has 0 spiro atoms. The summed E-state index contributed by atoms with van der Waals surface area (Å²) in [5, 5.41) is 19.9. The topological polar surface area (TPSA) is 58.9 Å². The molecule has 4 heteroatoms. The van der Waals surface area contributed by atoms with E-state index in [0.29, 0.717) is 13.2 Å². The molecule has 0 radical (unpaired) electrons. The minimum Gasteiger partial charge on any atom is -0.494 e. The second-order valence-corrected chi connectivity index (χ2v) is 8.47. The molecule has 3 aromatic carbocycles. The Balaban J connectivity index is 1.49. The Morgan fingerprint density at radius 3 is 1.68 bits per heavy atom. The van der Waals surface area contributed by atoms with Gasteiger partial charge in [0.25, 0.3) is 0 Å². The average Bonchev–Trinajstić information content (AvgIpc) is 2.87. The van der Waals surface area contributed by atoms with Crippen molar-refractivity contribution in [1.82, 2.24) is 0 Å². The highest BCUT2D eigenvalue weighted by atomic mass is 16.5. The van der Waals surface area contributed by atoms with Crippen molar-refractivity contribution in [3.63, 3.8) is 0 Å². The molecule has 0 unspecified atom stereocenters. The molecule has 0 amide bonds. The maximum absolute atomic E-state index is 8.83. The van der Waals surface area contributed by atoms with Crippen molar-refractivity contribution in [2.75, 3.05) is 26.4 Å². The van der Waals surface area contributed by atoms with Gasteiger partial charge in [-0.05, 0) is 97.8 Å². The third-order valence-electron chi connectivity index (χ3n) is 5.66. The Kier molecular flexibility index (Phi) is 11.3. The van der Waals surface area contributed by atoms with Crippen molar-refractivity contribution in [3.8, 4) is 23.3 Å². The number of ether oxygens (including phenoxy) is 2. The zero-order valence-electron chi connectivity index (χ0n) is 20.0. The lowest BCUT2D eigenvalue weighted by Gasteiger charge is -2.07. The molecule has 0 aromatic heterocycles. The van der Waals surface area contributed by atoms with Crippen LogP contribution in [0.3, 0.4) is 0 Å². The van der Waals surface area contributed by atoms with Gasteiger partial charge in [0.05, 0.1) is 13.2 Å². The van der Waals surface area contributed by atoms with Gasteiger partial charge in [-0.3, -0.25) is 0 Å². The monoisotopic (exact) mass is 460 g/mol. The SMILES string of the molecule is OCCCCCCOc1ccc(C#Cc2ccc3cc(OCCCCCCO)ccc3c2)cc1. The molecule has 0 aliphatic rings. The van der Waals surface area contributed by atoms with E-state index in [-0.39, 0.29) is 13.2 Å². The molecular weight excluding hydrogens is 424 g/mol. The van der Waals surface area contributed by atoms with Crippen LogP contribution in [0.25, 0.3) is 10.8 Å². The Labute approximate surface area is 203 Å². The number of aliphatic hydroxyl groups is 2. The van der Waals surface area contributed by atoms with Gasteiger partial charge in [-0.1, -0.05) is 36.8 Å². The molecule has 0 aliphatic carbocycles.